The second-order valence-corrected chi connectivity index (χ2v) is 13.7. The van der Waals surface area contributed by atoms with E-state index in [4.69, 9.17) is 9.47 Å². The smallest absolute Gasteiger partial charge is 0.412 e. The lowest BCUT2D eigenvalue weighted by Crippen LogP contribution is -2.55. The third-order valence-electron chi connectivity index (χ3n) is 7.90. The van der Waals surface area contributed by atoms with Gasteiger partial charge >= 0.3 is 12.2 Å². The quantitative estimate of drug-likeness (QED) is 0.332. The van der Waals surface area contributed by atoms with Crippen LogP contribution in [0.25, 0.3) is 21.7 Å². The molecule has 44 heavy (non-hydrogen) atoms. The first-order chi connectivity index (χ1) is 20.6. The predicted octanol–water partition coefficient (Wildman–Crippen LogP) is 5.37. The summed E-state index contributed by atoms with van der Waals surface area (Å²) in [5.74, 6) is -0.349. The van der Waals surface area contributed by atoms with Gasteiger partial charge in [0.25, 0.3) is 5.56 Å². The third-order valence-corrected chi connectivity index (χ3v) is 7.90. The van der Waals surface area contributed by atoms with Gasteiger partial charge in [0.05, 0.1) is 6.07 Å². The lowest BCUT2D eigenvalue weighted by atomic mass is 9.97. The Morgan fingerprint density at radius 2 is 1.73 bits per heavy atom. The molecular weight excluding hydrogens is 562 g/mol. The van der Waals surface area contributed by atoms with E-state index in [1.54, 1.807) is 76.8 Å². The summed E-state index contributed by atoms with van der Waals surface area (Å²) in [6.07, 6.45) is 1.49. The van der Waals surface area contributed by atoms with Gasteiger partial charge in [0.2, 0.25) is 5.91 Å². The number of likely N-dealkylation sites (tertiary alicyclic amines) is 1. The number of carbonyl (C=O) groups excluding carboxylic acids is 3. The highest BCUT2D eigenvalue weighted by Gasteiger charge is 2.52. The molecule has 232 valence electrons. The fourth-order valence-corrected chi connectivity index (χ4v) is 6.23. The molecule has 2 bridgehead atoms. The Labute approximate surface area is 255 Å². The molecule has 3 amide bonds. The number of aromatic nitrogens is 1. The van der Waals surface area contributed by atoms with E-state index in [2.05, 4.69) is 21.7 Å². The highest BCUT2D eigenvalue weighted by Crippen LogP contribution is 2.43. The van der Waals surface area contributed by atoms with Crippen molar-refractivity contribution in [2.75, 3.05) is 5.32 Å². The summed E-state index contributed by atoms with van der Waals surface area (Å²) in [7, 11) is 0. The molecule has 0 spiro atoms. The minimum atomic E-state index is -0.872. The maximum absolute atomic E-state index is 13.5. The van der Waals surface area contributed by atoms with Crippen LogP contribution in [0.5, 0.6) is 0 Å². The Bertz CT molecular complexity index is 1730. The average Bonchev–Trinajstić information content (AvgIpc) is 3.53. The number of hydrogen-bond acceptors (Lipinski definition) is 7. The van der Waals surface area contributed by atoms with Crippen molar-refractivity contribution in [3.8, 4) is 6.07 Å². The SMILES string of the molecule is CC(C)(C)OC(=O)Nc1ccc2[nH]c(=O)c3cc(CC(C#N)NC(=O)C4C5CCC(C5)N4C(=O)OC(C)(C)C)ccc3c2c1. The van der Waals surface area contributed by atoms with E-state index < -0.39 is 35.5 Å². The monoisotopic (exact) mass is 601 g/mol. The summed E-state index contributed by atoms with van der Waals surface area (Å²) in [5, 5.41) is 17.3. The molecule has 1 saturated carbocycles. The van der Waals surface area contributed by atoms with E-state index >= 15 is 0 Å². The number of fused-ring (bicyclic) bond motifs is 5. The van der Waals surface area contributed by atoms with Crippen molar-refractivity contribution in [3.63, 3.8) is 0 Å². The number of nitriles is 1. The second kappa shape index (κ2) is 11.5. The van der Waals surface area contributed by atoms with E-state index in [9.17, 15) is 24.4 Å². The predicted molar refractivity (Wildman–Crippen MR) is 166 cm³/mol. The van der Waals surface area contributed by atoms with E-state index in [-0.39, 0.29) is 29.8 Å². The molecule has 2 fully saturated rings. The van der Waals surface area contributed by atoms with Crippen LogP contribution in [0.3, 0.4) is 0 Å². The third kappa shape index (κ3) is 6.64. The summed E-state index contributed by atoms with van der Waals surface area (Å²) in [6, 6.07) is 11.0. The normalized spacial score (nSPS) is 20.3. The zero-order valence-electron chi connectivity index (χ0n) is 25.9. The number of carbonyl (C=O) groups is 3. The fraction of sp³-hybridized carbons (Fsp3) is 0.485. The first kappa shape index (κ1) is 30.9. The molecule has 4 unspecified atom stereocenters. The fourth-order valence-electron chi connectivity index (χ4n) is 6.23. The van der Waals surface area contributed by atoms with Gasteiger partial charge in [-0.05, 0) is 102 Å². The number of aromatic amines is 1. The number of anilines is 1. The van der Waals surface area contributed by atoms with Crippen molar-refractivity contribution >= 4 is 45.5 Å². The summed E-state index contributed by atoms with van der Waals surface area (Å²) >= 11 is 0. The molecule has 5 rings (SSSR count). The van der Waals surface area contributed by atoms with Gasteiger partial charge < -0.3 is 19.8 Å². The van der Waals surface area contributed by atoms with Crippen LogP contribution in [0.2, 0.25) is 0 Å². The molecule has 11 nitrogen and oxygen atoms in total. The molecule has 1 aliphatic carbocycles. The second-order valence-electron chi connectivity index (χ2n) is 13.7. The Morgan fingerprint density at radius 3 is 2.41 bits per heavy atom. The maximum atomic E-state index is 13.5. The zero-order valence-corrected chi connectivity index (χ0v) is 25.9. The van der Waals surface area contributed by atoms with Gasteiger partial charge in [-0.3, -0.25) is 19.8 Å². The first-order valence-corrected chi connectivity index (χ1v) is 14.9. The van der Waals surface area contributed by atoms with Crippen LogP contribution in [-0.4, -0.2) is 57.3 Å². The number of hydrogen-bond donors (Lipinski definition) is 3. The molecule has 3 N–H and O–H groups in total. The highest BCUT2D eigenvalue weighted by molar-refractivity contribution is 6.07. The lowest BCUT2D eigenvalue weighted by molar-refractivity contribution is -0.128. The number of rotatable bonds is 5. The highest BCUT2D eigenvalue weighted by atomic mass is 16.6. The number of nitrogens with one attached hydrogen (secondary N) is 3. The van der Waals surface area contributed by atoms with Crippen molar-refractivity contribution < 1.29 is 23.9 Å². The zero-order chi connectivity index (χ0) is 32.0. The maximum Gasteiger partial charge on any atom is 0.412 e. The van der Waals surface area contributed by atoms with Crippen molar-refractivity contribution in [1.29, 1.82) is 5.26 Å². The standard InChI is InChI=1S/C33H39N5O6/c1-32(2,3)43-30(41)36-20-9-12-26-24(16-20)23-11-7-18(14-25(23)28(39)37-26)13-21(17-34)35-29(40)27-19-8-10-22(15-19)38(27)31(42)44-33(4,5)6/h7,9,11-12,14,16,19,21-22,27H,8,10,13,15H2,1-6H3,(H,35,40)(H,36,41)(H,37,39). The molecule has 0 radical (unpaired) electrons. The Hall–Kier alpha value is -4.59. The Balaban J connectivity index is 1.34. The van der Waals surface area contributed by atoms with E-state index in [1.807, 2.05) is 6.07 Å². The van der Waals surface area contributed by atoms with Crippen molar-refractivity contribution in [2.45, 2.75) is 96.6 Å². The molecular formula is C33H39N5O6. The van der Waals surface area contributed by atoms with Gasteiger partial charge in [-0.1, -0.05) is 12.1 Å². The number of pyridine rings is 1. The van der Waals surface area contributed by atoms with Crippen LogP contribution in [-0.2, 0) is 20.7 Å². The Kier molecular flexibility index (Phi) is 8.05. The molecule has 1 saturated heterocycles. The van der Waals surface area contributed by atoms with Crippen molar-refractivity contribution in [3.05, 3.63) is 52.3 Å². The molecule has 3 aromatic rings. The van der Waals surface area contributed by atoms with Gasteiger partial charge in [0.15, 0.2) is 0 Å². The van der Waals surface area contributed by atoms with Crippen LogP contribution >= 0.6 is 0 Å². The molecule has 1 aliphatic heterocycles. The van der Waals surface area contributed by atoms with Crippen LogP contribution in [0.15, 0.2) is 41.2 Å². The molecule has 2 aromatic carbocycles. The number of H-pyrrole nitrogens is 1. The lowest BCUT2D eigenvalue weighted by Gasteiger charge is -2.35. The van der Waals surface area contributed by atoms with Crippen LogP contribution in [0, 0.1) is 17.2 Å². The number of amides is 3. The average molecular weight is 602 g/mol. The van der Waals surface area contributed by atoms with E-state index in [0.29, 0.717) is 27.5 Å². The topological polar surface area (TPSA) is 154 Å². The molecule has 2 aliphatic rings. The van der Waals surface area contributed by atoms with E-state index in [0.717, 1.165) is 24.6 Å². The molecule has 1 aromatic heterocycles. The van der Waals surface area contributed by atoms with Crippen molar-refractivity contribution in [2.24, 2.45) is 5.92 Å². The van der Waals surface area contributed by atoms with Gasteiger partial charge in [-0.25, -0.2) is 9.59 Å². The van der Waals surface area contributed by atoms with Gasteiger partial charge in [0.1, 0.15) is 23.3 Å². The molecule has 2 heterocycles. The van der Waals surface area contributed by atoms with E-state index in [1.165, 1.54) is 0 Å². The summed E-state index contributed by atoms with van der Waals surface area (Å²) in [6.45, 7) is 10.7. The van der Waals surface area contributed by atoms with Crippen LogP contribution < -0.4 is 16.2 Å². The number of benzene rings is 2. The van der Waals surface area contributed by atoms with Crippen LogP contribution in [0.1, 0.15) is 66.4 Å². The number of nitrogens with zero attached hydrogens (tertiary/aromatic N) is 2. The molecule has 11 heteroatoms. The minimum Gasteiger partial charge on any atom is -0.444 e. The van der Waals surface area contributed by atoms with Gasteiger partial charge in [-0.2, -0.15) is 5.26 Å². The summed E-state index contributed by atoms with van der Waals surface area (Å²) < 4.78 is 10.9. The van der Waals surface area contributed by atoms with Gasteiger partial charge in [-0.15, -0.1) is 0 Å². The Morgan fingerprint density at radius 1 is 1.00 bits per heavy atom. The summed E-state index contributed by atoms with van der Waals surface area (Å²) in [5.41, 5.74) is 0.170. The van der Waals surface area contributed by atoms with Crippen LogP contribution in [0.4, 0.5) is 15.3 Å². The minimum absolute atomic E-state index is 0.0223. The van der Waals surface area contributed by atoms with Crippen molar-refractivity contribution in [1.82, 2.24) is 15.2 Å². The molecule has 4 atom stereocenters. The van der Waals surface area contributed by atoms with Gasteiger partial charge in [0, 0.05) is 34.4 Å². The number of ether oxygens (including phenoxy) is 2. The first-order valence-electron chi connectivity index (χ1n) is 14.9. The number of piperidine rings is 1. The summed E-state index contributed by atoms with van der Waals surface area (Å²) in [4.78, 5) is 56.2. The largest absolute Gasteiger partial charge is 0.444 e.